The normalized spacial score (nSPS) is 34.8. The largest absolute Gasteiger partial charge is 0.368 e. The Morgan fingerprint density at radius 2 is 1.77 bits per heavy atom. The lowest BCUT2D eigenvalue weighted by atomic mass is 9.48. The molecule has 1 unspecified atom stereocenters. The number of anilines is 1. The van der Waals surface area contributed by atoms with E-state index in [1.165, 1.54) is 44.1 Å². The zero-order valence-electron chi connectivity index (χ0n) is 18.6. The number of hydrogen-bond acceptors (Lipinski definition) is 3. The number of para-hydroxylation sites is 1. The number of nitrogens with zero attached hydrogens (tertiary/aromatic N) is 1. The van der Waals surface area contributed by atoms with Crippen LogP contribution >= 0.6 is 0 Å². The number of benzene rings is 1. The van der Waals surface area contributed by atoms with Gasteiger partial charge in [-0.1, -0.05) is 23.8 Å². The van der Waals surface area contributed by atoms with Crippen LogP contribution in [0.3, 0.4) is 0 Å². The second-order valence-electron chi connectivity index (χ2n) is 10.7. The highest BCUT2D eigenvalue weighted by Gasteiger charge is 2.51. The fourth-order valence-corrected chi connectivity index (χ4v) is 7.45. The lowest BCUT2D eigenvalue weighted by Gasteiger charge is -2.57. The third-order valence-electron chi connectivity index (χ3n) is 8.56. The summed E-state index contributed by atoms with van der Waals surface area (Å²) in [6.07, 6.45) is 11.7. The maximum atomic E-state index is 13.0. The standard InChI is InChI=1S/C26H35N3O2/c1-17(26-13-18-10-19(14-26)12-20(11-18)15-26)9-24(30)28-22-6-3-2-5-21(22)16-29-8-4-7-23(29)25(27)31/h2-3,5-6,9,18-20,23H,4,7-8,10-16H2,1H3,(H2,27,31)(H,28,30)/b17-9-. The Labute approximate surface area is 185 Å². The number of likely N-dealkylation sites (tertiary alicyclic amines) is 1. The van der Waals surface area contributed by atoms with Crippen LogP contribution in [0.2, 0.25) is 0 Å². The van der Waals surface area contributed by atoms with Gasteiger partial charge in [0.1, 0.15) is 0 Å². The monoisotopic (exact) mass is 421 g/mol. The van der Waals surface area contributed by atoms with Crippen molar-refractivity contribution in [3.05, 3.63) is 41.5 Å². The fourth-order valence-electron chi connectivity index (χ4n) is 7.45. The van der Waals surface area contributed by atoms with Crippen molar-refractivity contribution in [2.75, 3.05) is 11.9 Å². The van der Waals surface area contributed by atoms with Crippen molar-refractivity contribution in [2.45, 2.75) is 70.9 Å². The van der Waals surface area contributed by atoms with Gasteiger partial charge in [0, 0.05) is 18.3 Å². The Morgan fingerprint density at radius 3 is 2.42 bits per heavy atom. The van der Waals surface area contributed by atoms with E-state index in [4.69, 9.17) is 5.73 Å². The predicted molar refractivity (Wildman–Crippen MR) is 122 cm³/mol. The molecule has 4 saturated carbocycles. The van der Waals surface area contributed by atoms with E-state index in [9.17, 15) is 9.59 Å². The Balaban J connectivity index is 1.29. The van der Waals surface area contributed by atoms with E-state index in [0.29, 0.717) is 6.54 Å². The first-order valence-electron chi connectivity index (χ1n) is 12.0. The number of carbonyl (C=O) groups is 2. The molecule has 31 heavy (non-hydrogen) atoms. The molecule has 4 bridgehead atoms. The van der Waals surface area contributed by atoms with Crippen molar-refractivity contribution < 1.29 is 9.59 Å². The number of allylic oxidation sites excluding steroid dienone is 1. The molecule has 1 aromatic carbocycles. The van der Waals surface area contributed by atoms with Gasteiger partial charge >= 0.3 is 0 Å². The molecular weight excluding hydrogens is 386 g/mol. The SMILES string of the molecule is C/C(=C/C(=O)Nc1ccccc1CN1CCCC1C(N)=O)C12CC3CC(CC(C3)C1)C2. The van der Waals surface area contributed by atoms with Gasteiger partial charge in [-0.3, -0.25) is 14.5 Å². The summed E-state index contributed by atoms with van der Waals surface area (Å²) in [5.74, 6) is 2.33. The summed E-state index contributed by atoms with van der Waals surface area (Å²) in [4.78, 5) is 26.9. The first kappa shape index (κ1) is 20.7. The van der Waals surface area contributed by atoms with E-state index in [0.717, 1.165) is 48.4 Å². The van der Waals surface area contributed by atoms with Crippen LogP contribution in [0.4, 0.5) is 5.69 Å². The molecule has 5 heteroatoms. The molecule has 1 aliphatic heterocycles. The molecule has 6 rings (SSSR count). The first-order valence-corrected chi connectivity index (χ1v) is 12.0. The van der Waals surface area contributed by atoms with Gasteiger partial charge in [0.2, 0.25) is 11.8 Å². The summed E-state index contributed by atoms with van der Waals surface area (Å²) in [5, 5.41) is 3.13. The average molecular weight is 422 g/mol. The predicted octanol–water partition coefficient (Wildman–Crippen LogP) is 4.24. The van der Waals surface area contributed by atoms with Crippen LogP contribution in [0.15, 0.2) is 35.9 Å². The Bertz CT molecular complexity index is 870. The van der Waals surface area contributed by atoms with Gasteiger partial charge in [-0.15, -0.1) is 0 Å². The highest BCUT2D eigenvalue weighted by molar-refractivity contribution is 6.00. The third kappa shape index (κ3) is 4.05. The van der Waals surface area contributed by atoms with Crippen molar-refractivity contribution >= 4 is 17.5 Å². The number of carbonyl (C=O) groups excluding carboxylic acids is 2. The molecule has 1 aromatic rings. The molecule has 0 radical (unpaired) electrons. The third-order valence-corrected chi connectivity index (χ3v) is 8.56. The molecule has 0 spiro atoms. The molecule has 0 aromatic heterocycles. The van der Waals surface area contributed by atoms with Gasteiger partial charge in [-0.05, 0) is 99.6 Å². The summed E-state index contributed by atoms with van der Waals surface area (Å²) in [5.41, 5.74) is 8.98. The molecule has 1 saturated heterocycles. The summed E-state index contributed by atoms with van der Waals surface area (Å²) >= 11 is 0. The minimum atomic E-state index is -0.256. The van der Waals surface area contributed by atoms with Gasteiger partial charge < -0.3 is 11.1 Å². The van der Waals surface area contributed by atoms with Crippen molar-refractivity contribution in [1.29, 1.82) is 0 Å². The Kier molecular flexibility index (Phi) is 5.41. The van der Waals surface area contributed by atoms with Gasteiger partial charge in [-0.2, -0.15) is 0 Å². The highest BCUT2D eigenvalue weighted by atomic mass is 16.2. The summed E-state index contributed by atoms with van der Waals surface area (Å²) in [6, 6.07) is 7.71. The van der Waals surface area contributed by atoms with Crippen LogP contribution in [0, 0.1) is 23.2 Å². The smallest absolute Gasteiger partial charge is 0.248 e. The van der Waals surface area contributed by atoms with Crippen LogP contribution in [-0.4, -0.2) is 29.3 Å². The number of hydrogen-bond donors (Lipinski definition) is 2. The zero-order valence-corrected chi connectivity index (χ0v) is 18.6. The quantitative estimate of drug-likeness (QED) is 0.675. The number of primary amides is 1. The highest BCUT2D eigenvalue weighted by Crippen LogP contribution is 2.62. The Morgan fingerprint density at radius 1 is 1.13 bits per heavy atom. The maximum Gasteiger partial charge on any atom is 0.248 e. The second-order valence-corrected chi connectivity index (χ2v) is 10.7. The molecule has 1 atom stereocenters. The zero-order chi connectivity index (χ0) is 21.6. The Hall–Kier alpha value is -2.14. The lowest BCUT2D eigenvalue weighted by molar-refractivity contribution is -0.122. The van der Waals surface area contributed by atoms with E-state index in [-0.39, 0.29) is 23.3 Å². The van der Waals surface area contributed by atoms with Crippen molar-refractivity contribution in [3.8, 4) is 0 Å². The van der Waals surface area contributed by atoms with E-state index in [1.54, 1.807) is 0 Å². The molecular formula is C26H35N3O2. The number of nitrogens with two attached hydrogens (primary N) is 1. The van der Waals surface area contributed by atoms with Crippen molar-refractivity contribution in [1.82, 2.24) is 4.90 Å². The van der Waals surface area contributed by atoms with Gasteiger partial charge in [0.25, 0.3) is 0 Å². The van der Waals surface area contributed by atoms with E-state index >= 15 is 0 Å². The van der Waals surface area contributed by atoms with Crippen LogP contribution in [0.25, 0.3) is 0 Å². The summed E-state index contributed by atoms with van der Waals surface area (Å²) < 4.78 is 0. The van der Waals surface area contributed by atoms with E-state index in [1.807, 2.05) is 30.3 Å². The topological polar surface area (TPSA) is 75.4 Å². The van der Waals surface area contributed by atoms with E-state index < -0.39 is 0 Å². The second kappa shape index (κ2) is 8.09. The molecule has 2 amide bonds. The molecule has 1 heterocycles. The van der Waals surface area contributed by atoms with Crippen molar-refractivity contribution in [3.63, 3.8) is 0 Å². The maximum absolute atomic E-state index is 13.0. The van der Waals surface area contributed by atoms with Gasteiger partial charge in [0.15, 0.2) is 0 Å². The number of rotatable bonds is 6. The molecule has 3 N–H and O–H groups in total. The lowest BCUT2D eigenvalue weighted by Crippen LogP contribution is -2.46. The molecule has 5 nitrogen and oxygen atoms in total. The molecule has 5 fully saturated rings. The average Bonchev–Trinajstić information content (AvgIpc) is 3.17. The minimum Gasteiger partial charge on any atom is -0.368 e. The summed E-state index contributed by atoms with van der Waals surface area (Å²) in [7, 11) is 0. The van der Waals surface area contributed by atoms with Crippen LogP contribution < -0.4 is 11.1 Å². The van der Waals surface area contributed by atoms with Crippen LogP contribution in [0.5, 0.6) is 0 Å². The van der Waals surface area contributed by atoms with Gasteiger partial charge in [0.05, 0.1) is 6.04 Å². The van der Waals surface area contributed by atoms with Gasteiger partial charge in [-0.25, -0.2) is 0 Å². The van der Waals surface area contributed by atoms with Crippen LogP contribution in [-0.2, 0) is 16.1 Å². The molecule has 4 aliphatic carbocycles. The summed E-state index contributed by atoms with van der Waals surface area (Å²) in [6.45, 7) is 3.67. The fraction of sp³-hybridized carbons (Fsp3) is 0.615. The molecule has 5 aliphatic rings. The van der Waals surface area contributed by atoms with Crippen LogP contribution in [0.1, 0.15) is 63.9 Å². The van der Waals surface area contributed by atoms with E-state index in [2.05, 4.69) is 17.1 Å². The number of nitrogens with one attached hydrogen (secondary N) is 1. The number of amides is 2. The first-order chi connectivity index (χ1) is 14.9. The minimum absolute atomic E-state index is 0.0337. The van der Waals surface area contributed by atoms with Crippen molar-refractivity contribution in [2.24, 2.45) is 28.9 Å². The molecule has 166 valence electrons.